The van der Waals surface area contributed by atoms with E-state index in [9.17, 15) is 0 Å². The molecule has 19 heavy (non-hydrogen) atoms. The first kappa shape index (κ1) is 12.8. The number of aromatic nitrogens is 2. The molecule has 2 aromatic rings. The summed E-state index contributed by atoms with van der Waals surface area (Å²) in [5.74, 6) is 0. The van der Waals surface area contributed by atoms with Gasteiger partial charge in [-0.1, -0.05) is 29.8 Å². The average molecular weight is 273 g/mol. The van der Waals surface area contributed by atoms with Crippen LogP contribution in [-0.4, -0.2) is 16.2 Å². The van der Waals surface area contributed by atoms with Crippen molar-refractivity contribution in [3.8, 4) is 0 Å². The van der Waals surface area contributed by atoms with Crippen LogP contribution >= 0.6 is 11.3 Å². The molecule has 0 unspecified atom stereocenters. The molecule has 1 N–H and O–H groups in total. The minimum Gasteiger partial charge on any atom is -0.308 e. The Hall–Kier alpha value is -1.26. The van der Waals surface area contributed by atoms with E-state index in [0.717, 1.165) is 35.4 Å². The van der Waals surface area contributed by atoms with Crippen molar-refractivity contribution in [1.29, 1.82) is 0 Å². The second-order valence-corrected chi connectivity index (χ2v) is 6.38. The molecule has 100 valence electrons. The molecular weight excluding hydrogens is 254 g/mol. The highest BCUT2D eigenvalue weighted by Gasteiger charge is 2.20. The van der Waals surface area contributed by atoms with Crippen LogP contribution in [0.1, 0.15) is 34.0 Å². The summed E-state index contributed by atoms with van der Waals surface area (Å²) < 4.78 is 0. The number of aryl methyl sites for hydroxylation is 3. The van der Waals surface area contributed by atoms with E-state index in [0.29, 0.717) is 0 Å². The summed E-state index contributed by atoms with van der Waals surface area (Å²) in [7, 11) is 0. The minimum atomic E-state index is 0.736. The maximum Gasteiger partial charge on any atom is 0.131 e. The van der Waals surface area contributed by atoms with Crippen molar-refractivity contribution in [2.24, 2.45) is 0 Å². The maximum absolute atomic E-state index is 4.28. The van der Waals surface area contributed by atoms with Gasteiger partial charge in [0.25, 0.3) is 0 Å². The lowest BCUT2D eigenvalue weighted by Crippen LogP contribution is -2.14. The topological polar surface area (TPSA) is 37.8 Å². The fraction of sp³-hybridized carbons (Fsp3) is 0.467. The van der Waals surface area contributed by atoms with Gasteiger partial charge in [-0.3, -0.25) is 0 Å². The summed E-state index contributed by atoms with van der Waals surface area (Å²) in [5, 5.41) is 14.3. The third-order valence-electron chi connectivity index (χ3n) is 3.38. The molecule has 0 radical (unpaired) electrons. The van der Waals surface area contributed by atoms with Crippen molar-refractivity contribution in [3.63, 3.8) is 0 Å². The zero-order valence-electron chi connectivity index (χ0n) is 11.2. The van der Waals surface area contributed by atoms with Crippen molar-refractivity contribution in [2.45, 2.75) is 45.2 Å². The van der Waals surface area contributed by atoms with Gasteiger partial charge in [0.2, 0.25) is 0 Å². The van der Waals surface area contributed by atoms with Crippen LogP contribution in [0, 0.1) is 6.92 Å². The molecule has 0 amide bonds. The van der Waals surface area contributed by atoms with E-state index in [4.69, 9.17) is 0 Å². The van der Waals surface area contributed by atoms with Crippen molar-refractivity contribution in [1.82, 2.24) is 15.5 Å². The highest BCUT2D eigenvalue weighted by molar-refractivity contribution is 7.11. The average Bonchev–Trinajstić information content (AvgIpc) is 3.15. The molecule has 1 aliphatic carbocycles. The smallest absolute Gasteiger partial charge is 0.131 e. The Morgan fingerprint density at radius 1 is 1.11 bits per heavy atom. The predicted molar refractivity (Wildman–Crippen MR) is 78.4 cm³/mol. The predicted octanol–water partition coefficient (Wildman–Crippen LogP) is 2.88. The van der Waals surface area contributed by atoms with Crippen LogP contribution < -0.4 is 5.32 Å². The van der Waals surface area contributed by atoms with Crippen molar-refractivity contribution < 1.29 is 0 Å². The van der Waals surface area contributed by atoms with E-state index in [2.05, 4.69) is 46.7 Å². The van der Waals surface area contributed by atoms with Crippen LogP contribution in [-0.2, 0) is 19.4 Å². The molecule has 0 bridgehead atoms. The van der Waals surface area contributed by atoms with Crippen LogP contribution in [0.5, 0.6) is 0 Å². The van der Waals surface area contributed by atoms with E-state index in [1.54, 1.807) is 11.3 Å². The molecule has 0 atom stereocenters. The quantitative estimate of drug-likeness (QED) is 0.879. The van der Waals surface area contributed by atoms with Gasteiger partial charge in [0.1, 0.15) is 10.0 Å². The number of nitrogens with zero attached hydrogens (tertiary/aromatic N) is 2. The number of hydrogen-bond donors (Lipinski definition) is 1. The third kappa shape index (κ3) is 3.85. The van der Waals surface area contributed by atoms with Gasteiger partial charge in [-0.25, -0.2) is 0 Å². The Morgan fingerprint density at radius 3 is 2.58 bits per heavy atom. The summed E-state index contributed by atoms with van der Waals surface area (Å²) >= 11 is 1.74. The fourth-order valence-corrected chi connectivity index (χ4v) is 2.78. The van der Waals surface area contributed by atoms with Gasteiger partial charge in [0, 0.05) is 19.0 Å². The molecule has 1 aromatic heterocycles. The van der Waals surface area contributed by atoms with E-state index in [1.165, 1.54) is 24.0 Å². The van der Waals surface area contributed by atoms with Crippen LogP contribution in [0.2, 0.25) is 0 Å². The second kappa shape index (κ2) is 5.80. The molecule has 4 heteroatoms. The Balaban J connectivity index is 1.50. The molecule has 1 aromatic carbocycles. The molecule has 3 nitrogen and oxygen atoms in total. The van der Waals surface area contributed by atoms with E-state index in [1.807, 2.05) is 0 Å². The molecule has 1 heterocycles. The SMILES string of the molecule is Cc1ccc(CCc2nnc(CNC3CC3)s2)cc1. The van der Waals surface area contributed by atoms with E-state index >= 15 is 0 Å². The van der Waals surface area contributed by atoms with Crippen LogP contribution in [0.25, 0.3) is 0 Å². The molecule has 0 spiro atoms. The Bertz CT molecular complexity index is 529. The molecule has 0 aliphatic heterocycles. The molecule has 0 saturated heterocycles. The summed E-state index contributed by atoms with van der Waals surface area (Å²) in [6.45, 7) is 3.00. The lowest BCUT2D eigenvalue weighted by Gasteiger charge is -1.99. The first-order chi connectivity index (χ1) is 9.29. The van der Waals surface area contributed by atoms with Gasteiger partial charge in [0.15, 0.2) is 0 Å². The first-order valence-corrected chi connectivity index (χ1v) is 7.71. The highest BCUT2D eigenvalue weighted by Crippen LogP contribution is 2.20. The van der Waals surface area contributed by atoms with Gasteiger partial charge in [0.05, 0.1) is 0 Å². The van der Waals surface area contributed by atoms with Crippen molar-refractivity contribution in [2.75, 3.05) is 0 Å². The van der Waals surface area contributed by atoms with Gasteiger partial charge in [-0.05, 0) is 31.7 Å². The number of benzene rings is 1. The first-order valence-electron chi connectivity index (χ1n) is 6.90. The van der Waals surface area contributed by atoms with Gasteiger partial charge in [-0.15, -0.1) is 21.5 Å². The molecule has 1 fully saturated rings. The second-order valence-electron chi connectivity index (χ2n) is 5.23. The lowest BCUT2D eigenvalue weighted by molar-refractivity contribution is 0.678. The molecule has 1 aliphatic rings. The fourth-order valence-electron chi connectivity index (χ4n) is 1.99. The van der Waals surface area contributed by atoms with Gasteiger partial charge < -0.3 is 5.32 Å². The summed E-state index contributed by atoms with van der Waals surface area (Å²) in [6, 6.07) is 9.47. The lowest BCUT2D eigenvalue weighted by atomic mass is 10.1. The zero-order chi connectivity index (χ0) is 13.1. The molecule has 3 rings (SSSR count). The Labute approximate surface area is 118 Å². The van der Waals surface area contributed by atoms with Crippen molar-refractivity contribution >= 4 is 11.3 Å². The standard InChI is InChI=1S/C15H19N3S/c1-11-2-4-12(5-3-11)6-9-14-17-18-15(19-14)10-16-13-7-8-13/h2-5,13,16H,6-10H2,1H3. The Morgan fingerprint density at radius 2 is 1.84 bits per heavy atom. The monoisotopic (exact) mass is 273 g/mol. The largest absolute Gasteiger partial charge is 0.308 e. The number of rotatable bonds is 6. The van der Waals surface area contributed by atoms with Crippen LogP contribution in [0.15, 0.2) is 24.3 Å². The van der Waals surface area contributed by atoms with Crippen molar-refractivity contribution in [3.05, 3.63) is 45.4 Å². The van der Waals surface area contributed by atoms with E-state index < -0.39 is 0 Å². The third-order valence-corrected chi connectivity index (χ3v) is 4.36. The summed E-state index contributed by atoms with van der Waals surface area (Å²) in [5.41, 5.74) is 2.69. The minimum absolute atomic E-state index is 0.736. The van der Waals surface area contributed by atoms with E-state index in [-0.39, 0.29) is 0 Å². The maximum atomic E-state index is 4.28. The molecular formula is C15H19N3S. The van der Waals surface area contributed by atoms with Crippen LogP contribution in [0.4, 0.5) is 0 Å². The highest BCUT2D eigenvalue weighted by atomic mass is 32.1. The van der Waals surface area contributed by atoms with Gasteiger partial charge in [-0.2, -0.15) is 0 Å². The summed E-state index contributed by atoms with van der Waals surface area (Å²) in [6.07, 6.45) is 4.67. The number of hydrogen-bond acceptors (Lipinski definition) is 4. The number of nitrogens with one attached hydrogen (secondary N) is 1. The zero-order valence-corrected chi connectivity index (χ0v) is 12.0. The Kier molecular flexibility index (Phi) is 3.89. The molecule has 1 saturated carbocycles. The van der Waals surface area contributed by atoms with Gasteiger partial charge >= 0.3 is 0 Å². The normalized spacial score (nSPS) is 14.8. The van der Waals surface area contributed by atoms with Crippen LogP contribution in [0.3, 0.4) is 0 Å². The summed E-state index contributed by atoms with van der Waals surface area (Å²) in [4.78, 5) is 0.